The van der Waals surface area contributed by atoms with Gasteiger partial charge in [0, 0.05) is 5.39 Å². The summed E-state index contributed by atoms with van der Waals surface area (Å²) in [6, 6.07) is 5.32. The van der Waals surface area contributed by atoms with Crippen LogP contribution in [0.3, 0.4) is 0 Å². The lowest BCUT2D eigenvalue weighted by molar-refractivity contribution is 0.479. The number of aryl methyl sites for hydroxylation is 1. The normalized spacial score (nSPS) is 11.0. The van der Waals surface area contributed by atoms with Gasteiger partial charge in [-0.1, -0.05) is 12.1 Å². The maximum absolute atomic E-state index is 11.9. The smallest absolute Gasteiger partial charge is 0.261 e. The number of benzene rings is 1. The minimum absolute atomic E-state index is 0.00287. The fraction of sp³-hybridized carbons (Fsp3) is 0.0833. The number of rotatable bonds is 2. The van der Waals surface area contributed by atoms with Gasteiger partial charge in [-0.15, -0.1) is 5.10 Å². The third-order valence-corrected chi connectivity index (χ3v) is 2.63. The Morgan fingerprint density at radius 3 is 2.84 bits per heavy atom. The first-order valence-corrected chi connectivity index (χ1v) is 5.47. The fourth-order valence-corrected chi connectivity index (χ4v) is 1.74. The lowest BCUT2D eigenvalue weighted by atomic mass is 10.1. The van der Waals surface area contributed by atoms with Crippen LogP contribution in [0.2, 0.25) is 0 Å². The van der Waals surface area contributed by atoms with E-state index in [1.54, 1.807) is 12.1 Å². The van der Waals surface area contributed by atoms with Crippen molar-refractivity contribution >= 4 is 23.1 Å². The molecular weight excluding hydrogens is 246 g/mol. The molecule has 0 saturated heterocycles. The molecule has 1 heterocycles. The van der Waals surface area contributed by atoms with Gasteiger partial charge in [0.2, 0.25) is 5.96 Å². The SMILES string of the molecule is Cc1cccc2c(O)c(C=NN=C(N)N)c(=O)[nH]c12. The van der Waals surface area contributed by atoms with Gasteiger partial charge in [0.1, 0.15) is 11.3 Å². The number of aromatic nitrogens is 1. The number of para-hydroxylation sites is 1. The van der Waals surface area contributed by atoms with Gasteiger partial charge in [-0.2, -0.15) is 5.10 Å². The molecule has 6 N–H and O–H groups in total. The van der Waals surface area contributed by atoms with Crippen molar-refractivity contribution in [2.24, 2.45) is 21.7 Å². The second-order valence-corrected chi connectivity index (χ2v) is 3.98. The maximum Gasteiger partial charge on any atom is 0.261 e. The van der Waals surface area contributed by atoms with E-state index >= 15 is 0 Å². The Bertz CT molecular complexity index is 742. The van der Waals surface area contributed by atoms with Gasteiger partial charge in [0.05, 0.1) is 11.7 Å². The van der Waals surface area contributed by atoms with E-state index < -0.39 is 5.56 Å². The molecular formula is C12H13N5O2. The standard InChI is InChI=1S/C12H13N5O2/c1-6-3-2-4-7-9(6)16-11(19)8(10(7)18)5-15-17-12(13)14/h2-5H,1H3,(H4,13,14,17)(H2,16,18,19). The number of aromatic amines is 1. The van der Waals surface area contributed by atoms with Gasteiger partial charge < -0.3 is 21.6 Å². The van der Waals surface area contributed by atoms with Crippen molar-refractivity contribution in [2.75, 3.05) is 0 Å². The Labute approximate surface area is 108 Å². The lowest BCUT2D eigenvalue weighted by Crippen LogP contribution is -2.22. The van der Waals surface area contributed by atoms with Crippen molar-refractivity contribution in [3.63, 3.8) is 0 Å². The zero-order valence-corrected chi connectivity index (χ0v) is 10.2. The maximum atomic E-state index is 11.9. The number of guanidine groups is 1. The average Bonchev–Trinajstić information content (AvgIpc) is 2.34. The van der Waals surface area contributed by atoms with E-state index in [0.29, 0.717) is 10.9 Å². The number of nitrogens with zero attached hydrogens (tertiary/aromatic N) is 2. The molecule has 19 heavy (non-hydrogen) atoms. The molecule has 0 amide bonds. The summed E-state index contributed by atoms with van der Waals surface area (Å²) in [4.78, 5) is 14.6. The topological polar surface area (TPSA) is 130 Å². The Balaban J connectivity index is 2.67. The first kappa shape index (κ1) is 12.6. The van der Waals surface area contributed by atoms with Crippen LogP contribution >= 0.6 is 0 Å². The summed E-state index contributed by atoms with van der Waals surface area (Å²) in [6.45, 7) is 1.84. The van der Waals surface area contributed by atoms with Gasteiger partial charge >= 0.3 is 0 Å². The van der Waals surface area contributed by atoms with E-state index in [4.69, 9.17) is 11.5 Å². The number of nitrogens with two attached hydrogens (primary N) is 2. The van der Waals surface area contributed by atoms with Crippen LogP contribution in [0.1, 0.15) is 11.1 Å². The van der Waals surface area contributed by atoms with Crippen molar-refractivity contribution in [1.82, 2.24) is 4.98 Å². The Morgan fingerprint density at radius 1 is 1.42 bits per heavy atom. The van der Waals surface area contributed by atoms with E-state index in [1.807, 2.05) is 13.0 Å². The molecule has 0 unspecified atom stereocenters. The molecule has 0 spiro atoms. The Morgan fingerprint density at radius 2 is 2.16 bits per heavy atom. The minimum atomic E-state index is -0.464. The van der Waals surface area contributed by atoms with Gasteiger partial charge in [-0.25, -0.2) is 0 Å². The Kier molecular flexibility index (Phi) is 3.19. The molecule has 2 rings (SSSR count). The molecule has 7 heteroatoms. The predicted molar refractivity (Wildman–Crippen MR) is 74.4 cm³/mol. The van der Waals surface area contributed by atoms with Gasteiger partial charge in [0.15, 0.2) is 0 Å². The first-order chi connectivity index (χ1) is 9.00. The molecule has 0 atom stereocenters. The summed E-state index contributed by atoms with van der Waals surface area (Å²) < 4.78 is 0. The second-order valence-electron chi connectivity index (χ2n) is 3.98. The summed E-state index contributed by atoms with van der Waals surface area (Å²) in [6.07, 6.45) is 1.11. The summed E-state index contributed by atoms with van der Waals surface area (Å²) in [5, 5.41) is 17.5. The summed E-state index contributed by atoms with van der Waals surface area (Å²) in [5.74, 6) is -0.388. The molecule has 2 aromatic rings. The van der Waals surface area contributed by atoms with E-state index in [1.165, 1.54) is 0 Å². The highest BCUT2D eigenvalue weighted by atomic mass is 16.3. The van der Waals surface area contributed by atoms with E-state index in [0.717, 1.165) is 11.8 Å². The molecule has 0 aliphatic rings. The molecule has 1 aromatic carbocycles. The molecule has 0 aliphatic heterocycles. The third-order valence-electron chi connectivity index (χ3n) is 2.63. The highest BCUT2D eigenvalue weighted by Crippen LogP contribution is 2.25. The molecule has 98 valence electrons. The zero-order valence-electron chi connectivity index (χ0n) is 10.2. The number of fused-ring (bicyclic) bond motifs is 1. The monoisotopic (exact) mass is 259 g/mol. The molecule has 0 aliphatic carbocycles. The van der Waals surface area contributed by atoms with Crippen LogP contribution < -0.4 is 17.0 Å². The summed E-state index contributed by atoms with van der Waals surface area (Å²) in [7, 11) is 0. The minimum Gasteiger partial charge on any atom is -0.506 e. The number of hydrogen-bond donors (Lipinski definition) is 4. The lowest BCUT2D eigenvalue weighted by Gasteiger charge is -2.05. The molecule has 0 bridgehead atoms. The molecule has 0 fully saturated rings. The van der Waals surface area contributed by atoms with E-state index in [-0.39, 0.29) is 17.3 Å². The van der Waals surface area contributed by atoms with Crippen molar-refractivity contribution < 1.29 is 5.11 Å². The van der Waals surface area contributed by atoms with Gasteiger partial charge in [0.25, 0.3) is 5.56 Å². The van der Waals surface area contributed by atoms with Crippen molar-refractivity contribution in [2.45, 2.75) is 6.92 Å². The van der Waals surface area contributed by atoms with Crippen molar-refractivity contribution in [3.05, 3.63) is 39.7 Å². The van der Waals surface area contributed by atoms with Gasteiger partial charge in [-0.3, -0.25) is 4.79 Å². The highest BCUT2D eigenvalue weighted by molar-refractivity contribution is 5.95. The zero-order chi connectivity index (χ0) is 14.0. The van der Waals surface area contributed by atoms with Crippen LogP contribution in [0.5, 0.6) is 5.75 Å². The average molecular weight is 259 g/mol. The second kappa shape index (κ2) is 4.81. The Hall–Kier alpha value is -2.83. The van der Waals surface area contributed by atoms with Gasteiger partial charge in [-0.05, 0) is 18.6 Å². The van der Waals surface area contributed by atoms with Crippen molar-refractivity contribution in [3.8, 4) is 5.75 Å². The van der Waals surface area contributed by atoms with Crippen LogP contribution in [-0.4, -0.2) is 22.3 Å². The van der Waals surface area contributed by atoms with E-state index in [9.17, 15) is 9.90 Å². The van der Waals surface area contributed by atoms with E-state index in [2.05, 4.69) is 15.2 Å². The number of aromatic hydroxyl groups is 1. The summed E-state index contributed by atoms with van der Waals surface area (Å²) in [5.41, 5.74) is 11.2. The molecule has 7 nitrogen and oxygen atoms in total. The number of pyridine rings is 1. The molecule has 1 aromatic heterocycles. The first-order valence-electron chi connectivity index (χ1n) is 5.47. The molecule has 0 radical (unpaired) electrons. The largest absolute Gasteiger partial charge is 0.506 e. The van der Waals surface area contributed by atoms with Crippen molar-refractivity contribution in [1.29, 1.82) is 0 Å². The quantitative estimate of drug-likeness (QED) is 0.347. The number of H-pyrrole nitrogens is 1. The molecule has 0 saturated carbocycles. The highest BCUT2D eigenvalue weighted by Gasteiger charge is 2.10. The van der Waals surface area contributed by atoms with Crippen LogP contribution in [0, 0.1) is 6.92 Å². The predicted octanol–water partition coefficient (Wildman–Crippen LogP) is 0.149. The van der Waals surface area contributed by atoms with Crippen LogP contribution in [0.15, 0.2) is 33.2 Å². The van der Waals surface area contributed by atoms with Crippen LogP contribution in [-0.2, 0) is 0 Å². The van der Waals surface area contributed by atoms with Crippen LogP contribution in [0.25, 0.3) is 10.9 Å². The summed E-state index contributed by atoms with van der Waals surface area (Å²) >= 11 is 0. The number of hydrogen-bond acceptors (Lipinski definition) is 4. The number of nitrogens with one attached hydrogen (secondary N) is 1. The van der Waals surface area contributed by atoms with Crippen LogP contribution in [0.4, 0.5) is 0 Å². The fourth-order valence-electron chi connectivity index (χ4n) is 1.74. The third kappa shape index (κ3) is 2.39.